The molecule has 110 valence electrons. The van der Waals surface area contributed by atoms with Crippen LogP contribution in [0.4, 0.5) is 0 Å². The number of sulfone groups is 1. The Balaban J connectivity index is 1.75. The average molecular weight is 295 g/mol. The third-order valence-corrected chi connectivity index (χ3v) is 5.59. The van der Waals surface area contributed by atoms with Crippen LogP contribution in [0.1, 0.15) is 29.6 Å². The number of Topliss-reactive ketones (excluding diaryl/α,β-unsaturated/α-hetero) is 1. The molecule has 0 bridgehead atoms. The Morgan fingerprint density at radius 3 is 2.60 bits per heavy atom. The maximum absolute atomic E-state index is 11.9. The van der Waals surface area contributed by atoms with Crippen molar-refractivity contribution in [1.82, 2.24) is 4.90 Å². The summed E-state index contributed by atoms with van der Waals surface area (Å²) in [6, 6.07) is 9.40. The van der Waals surface area contributed by atoms with Crippen molar-refractivity contribution >= 4 is 15.6 Å². The number of hydrogen-bond acceptors (Lipinski definition) is 4. The van der Waals surface area contributed by atoms with Gasteiger partial charge in [0.25, 0.3) is 0 Å². The summed E-state index contributed by atoms with van der Waals surface area (Å²) in [6.07, 6.45) is 1.99. The first-order chi connectivity index (χ1) is 9.48. The number of carbonyl (C=O) groups excluding carboxylic acids is 1. The number of nitrogens with zero attached hydrogens (tertiary/aromatic N) is 1. The van der Waals surface area contributed by atoms with Gasteiger partial charge in [-0.05, 0) is 26.4 Å². The Hall–Kier alpha value is -1.20. The van der Waals surface area contributed by atoms with Gasteiger partial charge in [-0.15, -0.1) is 0 Å². The molecule has 1 aliphatic heterocycles. The molecule has 0 aliphatic carbocycles. The molecule has 0 amide bonds. The highest BCUT2D eigenvalue weighted by atomic mass is 32.2. The Morgan fingerprint density at radius 2 is 2.00 bits per heavy atom. The Kier molecular flexibility index (Phi) is 4.94. The van der Waals surface area contributed by atoms with Crippen molar-refractivity contribution in [2.24, 2.45) is 0 Å². The molecule has 2 rings (SSSR count). The van der Waals surface area contributed by atoms with E-state index in [2.05, 4.69) is 4.90 Å². The van der Waals surface area contributed by atoms with Crippen LogP contribution in [0.3, 0.4) is 0 Å². The van der Waals surface area contributed by atoms with Gasteiger partial charge in [-0.1, -0.05) is 30.3 Å². The number of hydrogen-bond donors (Lipinski definition) is 0. The van der Waals surface area contributed by atoms with Crippen molar-refractivity contribution in [1.29, 1.82) is 0 Å². The lowest BCUT2D eigenvalue weighted by Crippen LogP contribution is -2.33. The Labute approximate surface area is 120 Å². The second kappa shape index (κ2) is 6.50. The minimum Gasteiger partial charge on any atom is -0.302 e. The molecule has 1 heterocycles. The van der Waals surface area contributed by atoms with Crippen LogP contribution < -0.4 is 0 Å². The number of ketones is 1. The predicted molar refractivity (Wildman–Crippen MR) is 79.7 cm³/mol. The second-order valence-electron chi connectivity index (χ2n) is 5.43. The zero-order valence-corrected chi connectivity index (χ0v) is 12.6. The fraction of sp³-hybridized carbons (Fsp3) is 0.533. The van der Waals surface area contributed by atoms with Gasteiger partial charge in [-0.25, -0.2) is 8.42 Å². The summed E-state index contributed by atoms with van der Waals surface area (Å²) in [6.45, 7) is 0.763. The Morgan fingerprint density at radius 1 is 1.30 bits per heavy atom. The van der Waals surface area contributed by atoms with Crippen LogP contribution in [0.5, 0.6) is 0 Å². The van der Waals surface area contributed by atoms with Crippen LogP contribution in [-0.2, 0) is 9.84 Å². The normalized spacial score (nSPS) is 21.2. The molecule has 5 heteroatoms. The van der Waals surface area contributed by atoms with E-state index in [9.17, 15) is 13.2 Å². The molecule has 1 unspecified atom stereocenters. The third-order valence-electron chi connectivity index (χ3n) is 3.84. The minimum absolute atomic E-state index is 0.117. The van der Waals surface area contributed by atoms with Crippen molar-refractivity contribution < 1.29 is 13.2 Å². The summed E-state index contributed by atoms with van der Waals surface area (Å²) >= 11 is 0. The number of benzene rings is 1. The van der Waals surface area contributed by atoms with E-state index in [1.165, 1.54) is 0 Å². The molecule has 1 aromatic rings. The van der Waals surface area contributed by atoms with Gasteiger partial charge >= 0.3 is 0 Å². The third kappa shape index (κ3) is 4.15. The van der Waals surface area contributed by atoms with Crippen LogP contribution in [0.25, 0.3) is 0 Å². The van der Waals surface area contributed by atoms with Gasteiger partial charge in [-0.2, -0.15) is 0 Å². The second-order valence-corrected chi connectivity index (χ2v) is 7.66. The zero-order valence-electron chi connectivity index (χ0n) is 11.8. The SMILES string of the molecule is CN(CCCC(=O)c1ccccc1)C1CCS(=O)(=O)C1. The molecule has 20 heavy (non-hydrogen) atoms. The lowest BCUT2D eigenvalue weighted by Gasteiger charge is -2.22. The lowest BCUT2D eigenvalue weighted by molar-refractivity contribution is 0.0974. The standard InChI is InChI=1S/C15H21NO3S/c1-16(14-9-11-20(18,19)12-14)10-5-8-15(17)13-6-3-2-4-7-13/h2-4,6-7,14H,5,8-12H2,1H3. The van der Waals surface area contributed by atoms with Crippen LogP contribution >= 0.6 is 0 Å². The monoisotopic (exact) mass is 295 g/mol. The first-order valence-corrected chi connectivity index (χ1v) is 8.79. The average Bonchev–Trinajstić information content (AvgIpc) is 2.80. The summed E-state index contributed by atoms with van der Waals surface area (Å²) in [7, 11) is -0.890. The number of carbonyl (C=O) groups is 1. The quantitative estimate of drug-likeness (QED) is 0.751. The smallest absolute Gasteiger partial charge is 0.162 e. The van der Waals surface area contributed by atoms with Crippen LogP contribution in [0.15, 0.2) is 30.3 Å². The molecule has 0 aromatic heterocycles. The Bertz CT molecular complexity index is 554. The zero-order chi connectivity index (χ0) is 14.6. The highest BCUT2D eigenvalue weighted by molar-refractivity contribution is 7.91. The molecule has 1 saturated heterocycles. The van der Waals surface area contributed by atoms with Gasteiger partial charge in [0.2, 0.25) is 0 Å². The topological polar surface area (TPSA) is 54.5 Å². The summed E-state index contributed by atoms with van der Waals surface area (Å²) in [5.74, 6) is 0.708. The van der Waals surface area contributed by atoms with Crippen LogP contribution in [-0.4, -0.2) is 50.2 Å². The molecular formula is C15H21NO3S. The van der Waals surface area contributed by atoms with Crippen molar-refractivity contribution in [3.8, 4) is 0 Å². The molecule has 1 fully saturated rings. The molecule has 1 aliphatic rings. The highest BCUT2D eigenvalue weighted by Crippen LogP contribution is 2.17. The minimum atomic E-state index is -2.83. The van der Waals surface area contributed by atoms with Gasteiger partial charge in [0.15, 0.2) is 15.6 Å². The van der Waals surface area contributed by atoms with E-state index < -0.39 is 9.84 Å². The summed E-state index contributed by atoms with van der Waals surface area (Å²) in [4.78, 5) is 14.0. The van der Waals surface area contributed by atoms with E-state index in [0.717, 1.165) is 18.5 Å². The highest BCUT2D eigenvalue weighted by Gasteiger charge is 2.30. The molecule has 1 aromatic carbocycles. The summed E-state index contributed by atoms with van der Waals surface area (Å²) in [5.41, 5.74) is 0.749. The van der Waals surface area contributed by atoms with E-state index in [4.69, 9.17) is 0 Å². The fourth-order valence-corrected chi connectivity index (χ4v) is 4.37. The van der Waals surface area contributed by atoms with Gasteiger partial charge in [0, 0.05) is 18.0 Å². The van der Waals surface area contributed by atoms with E-state index >= 15 is 0 Å². The maximum Gasteiger partial charge on any atom is 0.162 e. The first kappa shape index (κ1) is 15.2. The van der Waals surface area contributed by atoms with Crippen molar-refractivity contribution in [2.45, 2.75) is 25.3 Å². The number of rotatable bonds is 6. The molecule has 0 radical (unpaired) electrons. The van der Waals surface area contributed by atoms with E-state index in [1.54, 1.807) is 0 Å². The van der Waals surface area contributed by atoms with Gasteiger partial charge in [-0.3, -0.25) is 4.79 Å². The maximum atomic E-state index is 11.9. The molecule has 0 N–H and O–H groups in total. The molecular weight excluding hydrogens is 274 g/mol. The van der Waals surface area contributed by atoms with E-state index in [-0.39, 0.29) is 17.6 Å². The summed E-state index contributed by atoms with van der Waals surface area (Å²) < 4.78 is 22.9. The van der Waals surface area contributed by atoms with E-state index in [1.807, 2.05) is 37.4 Å². The van der Waals surface area contributed by atoms with Crippen molar-refractivity contribution in [2.75, 3.05) is 25.1 Å². The van der Waals surface area contributed by atoms with Crippen molar-refractivity contribution in [3.05, 3.63) is 35.9 Å². The predicted octanol–water partition coefficient (Wildman–Crippen LogP) is 1.77. The molecule has 0 saturated carbocycles. The van der Waals surface area contributed by atoms with Gasteiger partial charge < -0.3 is 4.90 Å². The van der Waals surface area contributed by atoms with Gasteiger partial charge in [0.05, 0.1) is 11.5 Å². The van der Waals surface area contributed by atoms with Crippen molar-refractivity contribution in [3.63, 3.8) is 0 Å². The van der Waals surface area contributed by atoms with Crippen LogP contribution in [0.2, 0.25) is 0 Å². The molecule has 0 spiro atoms. The first-order valence-electron chi connectivity index (χ1n) is 6.97. The molecule has 1 atom stereocenters. The van der Waals surface area contributed by atoms with Gasteiger partial charge in [0.1, 0.15) is 0 Å². The van der Waals surface area contributed by atoms with E-state index in [0.29, 0.717) is 18.6 Å². The fourth-order valence-electron chi connectivity index (χ4n) is 2.56. The van der Waals surface area contributed by atoms with Crippen LogP contribution in [0, 0.1) is 0 Å². The largest absolute Gasteiger partial charge is 0.302 e. The lowest BCUT2D eigenvalue weighted by atomic mass is 10.1. The molecule has 4 nitrogen and oxygen atoms in total. The summed E-state index contributed by atoms with van der Waals surface area (Å²) in [5, 5.41) is 0.